The van der Waals surface area contributed by atoms with Crippen molar-refractivity contribution in [3.05, 3.63) is 33.9 Å². The Morgan fingerprint density at radius 3 is 2.60 bits per heavy atom. The van der Waals surface area contributed by atoms with Gasteiger partial charge in [-0.25, -0.2) is 0 Å². The summed E-state index contributed by atoms with van der Waals surface area (Å²) in [5.74, 6) is -1.62. The number of nitro groups is 1. The number of primary amides is 1. The predicted molar refractivity (Wildman–Crippen MR) is 70.2 cm³/mol. The summed E-state index contributed by atoms with van der Waals surface area (Å²) < 4.78 is 0. The molecule has 0 saturated carbocycles. The van der Waals surface area contributed by atoms with E-state index in [1.807, 2.05) is 0 Å². The van der Waals surface area contributed by atoms with Crippen LogP contribution in [0.3, 0.4) is 0 Å². The van der Waals surface area contributed by atoms with Crippen molar-refractivity contribution in [1.29, 1.82) is 10.7 Å². The third-order valence-electron chi connectivity index (χ3n) is 2.13. The maximum Gasteiger partial charge on any atom is 0.284 e. The average Bonchev–Trinajstić information content (AvgIpc) is 2.38. The molecule has 102 valence electrons. The molecule has 10 heteroatoms. The highest BCUT2D eigenvalue weighted by molar-refractivity contribution is 6.45. The highest BCUT2D eigenvalue weighted by atomic mass is 16.6. The van der Waals surface area contributed by atoms with E-state index in [4.69, 9.17) is 22.1 Å². The number of nitrogens with two attached hydrogens (primary N) is 2. The van der Waals surface area contributed by atoms with Crippen molar-refractivity contribution < 1.29 is 9.72 Å². The molecule has 0 aliphatic rings. The summed E-state index contributed by atoms with van der Waals surface area (Å²) in [4.78, 5) is 21.3. The Morgan fingerprint density at radius 2 is 2.15 bits per heavy atom. The Hall–Kier alpha value is -3.48. The van der Waals surface area contributed by atoms with Crippen LogP contribution in [0.2, 0.25) is 0 Å². The fraction of sp³-hybridized carbons (Fsp3) is 0. The molecule has 0 atom stereocenters. The van der Waals surface area contributed by atoms with E-state index < -0.39 is 28.1 Å². The van der Waals surface area contributed by atoms with Crippen molar-refractivity contribution in [2.24, 2.45) is 16.6 Å². The van der Waals surface area contributed by atoms with E-state index in [1.165, 1.54) is 12.1 Å². The van der Waals surface area contributed by atoms with Crippen LogP contribution in [0.15, 0.2) is 23.3 Å². The van der Waals surface area contributed by atoms with Gasteiger partial charge in [-0.3, -0.25) is 25.7 Å². The Labute approximate surface area is 112 Å². The van der Waals surface area contributed by atoms with Crippen LogP contribution in [0.5, 0.6) is 0 Å². The van der Waals surface area contributed by atoms with Gasteiger partial charge in [-0.15, -0.1) is 0 Å². The minimum atomic E-state index is -1.03. The van der Waals surface area contributed by atoms with Crippen LogP contribution in [0.4, 0.5) is 11.4 Å². The number of nitro benzene ring substituents is 1. The summed E-state index contributed by atoms with van der Waals surface area (Å²) in [6, 6.07) is 5.27. The summed E-state index contributed by atoms with van der Waals surface area (Å²) in [6.07, 6.45) is 0. The van der Waals surface area contributed by atoms with Gasteiger partial charge in [0.25, 0.3) is 11.6 Å². The van der Waals surface area contributed by atoms with E-state index >= 15 is 0 Å². The Balaban J connectivity index is 3.30. The molecule has 6 N–H and O–H groups in total. The van der Waals surface area contributed by atoms with E-state index in [0.717, 1.165) is 6.07 Å². The molecule has 20 heavy (non-hydrogen) atoms. The second-order valence-corrected chi connectivity index (χ2v) is 3.42. The molecule has 0 aliphatic carbocycles. The first-order valence-electron chi connectivity index (χ1n) is 5.04. The lowest BCUT2D eigenvalue weighted by Crippen LogP contribution is -2.22. The van der Waals surface area contributed by atoms with Crippen LogP contribution >= 0.6 is 0 Å². The van der Waals surface area contributed by atoms with Gasteiger partial charge < -0.3 is 11.5 Å². The highest BCUT2D eigenvalue weighted by Crippen LogP contribution is 2.25. The van der Waals surface area contributed by atoms with Crippen molar-refractivity contribution >= 4 is 28.8 Å². The van der Waals surface area contributed by atoms with Crippen molar-refractivity contribution in [3.8, 4) is 6.07 Å². The van der Waals surface area contributed by atoms with E-state index in [2.05, 4.69) is 10.5 Å². The number of nitrogens with one attached hydrogen (secondary N) is 2. The Bertz CT molecular complexity index is 659. The first-order chi connectivity index (χ1) is 9.38. The van der Waals surface area contributed by atoms with E-state index in [0.29, 0.717) is 0 Å². The van der Waals surface area contributed by atoms with Crippen LogP contribution in [-0.2, 0) is 0 Å². The van der Waals surface area contributed by atoms with Gasteiger partial charge in [-0.2, -0.15) is 10.4 Å². The summed E-state index contributed by atoms with van der Waals surface area (Å²) >= 11 is 0. The normalized spacial score (nSPS) is 10.4. The molecule has 0 saturated heterocycles. The number of hydrogen-bond acceptors (Lipinski definition) is 7. The number of hydrazone groups is 1. The molecule has 0 heterocycles. The second kappa shape index (κ2) is 5.91. The lowest BCUT2D eigenvalue weighted by Gasteiger charge is -2.06. The minimum absolute atomic E-state index is 0.0688. The van der Waals surface area contributed by atoms with Crippen LogP contribution in [-0.4, -0.2) is 22.4 Å². The van der Waals surface area contributed by atoms with Gasteiger partial charge in [0.05, 0.1) is 10.6 Å². The quantitative estimate of drug-likeness (QED) is 0.252. The van der Waals surface area contributed by atoms with Gasteiger partial charge in [0.1, 0.15) is 11.6 Å². The van der Waals surface area contributed by atoms with Crippen LogP contribution in [0.1, 0.15) is 10.4 Å². The molecule has 1 amide bonds. The zero-order valence-electron chi connectivity index (χ0n) is 9.95. The zero-order chi connectivity index (χ0) is 15.3. The van der Waals surface area contributed by atoms with Crippen LogP contribution in [0, 0.1) is 26.9 Å². The van der Waals surface area contributed by atoms with Gasteiger partial charge in [0.15, 0.2) is 5.84 Å². The number of hydrogen-bond donors (Lipinski definition) is 4. The smallest absolute Gasteiger partial charge is 0.284 e. The van der Waals surface area contributed by atoms with Gasteiger partial charge in [0, 0.05) is 6.07 Å². The number of amides is 1. The molecular weight excluding hydrogens is 266 g/mol. The largest absolute Gasteiger partial charge is 0.382 e. The third kappa shape index (κ3) is 3.05. The molecule has 0 aliphatic heterocycles. The maximum absolute atomic E-state index is 11.3. The Kier molecular flexibility index (Phi) is 4.31. The van der Waals surface area contributed by atoms with Gasteiger partial charge in [0.2, 0.25) is 5.71 Å². The number of nitriles is 1. The van der Waals surface area contributed by atoms with E-state index in [-0.39, 0.29) is 11.3 Å². The van der Waals surface area contributed by atoms with Crippen molar-refractivity contribution in [2.45, 2.75) is 0 Å². The molecule has 0 bridgehead atoms. The SMILES string of the molecule is N#C/C(=N\Nc1cccc([N+](=O)[O-])c1C(N)=O)C(=N)N. The fourth-order valence-corrected chi connectivity index (χ4v) is 1.31. The standard InChI is InChI=1S/C10H9N7O3/c11-4-6(9(12)13)16-15-5-2-1-3-7(17(19)20)8(5)10(14)18/h1-3,15H,(H3,12,13)(H2,14,18)/b16-6+. The predicted octanol–water partition coefficient (Wildman–Crippen LogP) is -0.0789. The van der Waals surface area contributed by atoms with Gasteiger partial charge in [-0.05, 0) is 6.07 Å². The Morgan fingerprint density at radius 1 is 1.50 bits per heavy atom. The lowest BCUT2D eigenvalue weighted by molar-refractivity contribution is -0.385. The number of carbonyl (C=O) groups excluding carboxylic acids is 1. The summed E-state index contributed by atoms with van der Waals surface area (Å²) in [5.41, 5.74) is 11.0. The molecule has 0 radical (unpaired) electrons. The average molecular weight is 275 g/mol. The molecule has 0 fully saturated rings. The van der Waals surface area contributed by atoms with Crippen molar-refractivity contribution in [1.82, 2.24) is 0 Å². The number of anilines is 1. The minimum Gasteiger partial charge on any atom is -0.382 e. The van der Waals surface area contributed by atoms with Gasteiger partial charge >= 0.3 is 0 Å². The summed E-state index contributed by atoms with van der Waals surface area (Å²) in [6.45, 7) is 0. The number of carbonyl (C=O) groups is 1. The molecule has 1 aromatic rings. The molecule has 0 aromatic heterocycles. The number of rotatable bonds is 5. The summed E-state index contributed by atoms with van der Waals surface area (Å²) in [7, 11) is 0. The van der Waals surface area contributed by atoms with Crippen LogP contribution < -0.4 is 16.9 Å². The highest BCUT2D eigenvalue weighted by Gasteiger charge is 2.22. The third-order valence-corrected chi connectivity index (χ3v) is 2.13. The molecule has 1 rings (SSSR count). The molecule has 0 spiro atoms. The van der Waals surface area contributed by atoms with Gasteiger partial charge in [-0.1, -0.05) is 6.07 Å². The fourth-order valence-electron chi connectivity index (χ4n) is 1.31. The first-order valence-corrected chi connectivity index (χ1v) is 5.04. The zero-order valence-corrected chi connectivity index (χ0v) is 9.95. The number of amidine groups is 1. The number of nitrogens with zero attached hydrogens (tertiary/aromatic N) is 3. The molecular formula is C10H9N7O3. The second-order valence-electron chi connectivity index (χ2n) is 3.42. The first kappa shape index (κ1) is 14.6. The van der Waals surface area contributed by atoms with E-state index in [1.54, 1.807) is 6.07 Å². The van der Waals surface area contributed by atoms with Crippen LogP contribution in [0.25, 0.3) is 0 Å². The molecule has 10 nitrogen and oxygen atoms in total. The molecule has 1 aromatic carbocycles. The van der Waals surface area contributed by atoms with Crippen molar-refractivity contribution in [3.63, 3.8) is 0 Å². The number of benzene rings is 1. The van der Waals surface area contributed by atoms with Crippen molar-refractivity contribution in [2.75, 3.05) is 5.43 Å². The molecule has 0 unspecified atom stereocenters. The maximum atomic E-state index is 11.3. The summed E-state index contributed by atoms with van der Waals surface area (Å²) in [5, 5.41) is 30.0. The monoisotopic (exact) mass is 275 g/mol. The van der Waals surface area contributed by atoms with E-state index in [9.17, 15) is 14.9 Å². The lowest BCUT2D eigenvalue weighted by atomic mass is 10.1. The topological polar surface area (TPSA) is 184 Å².